The van der Waals surface area contributed by atoms with Crippen LogP contribution in [0.2, 0.25) is 0 Å². The number of rotatable bonds is 7. The number of aryl methyl sites for hydroxylation is 1. The van der Waals surface area contributed by atoms with Crippen LogP contribution in [0, 0.1) is 12.3 Å². The van der Waals surface area contributed by atoms with Gasteiger partial charge in [0.2, 0.25) is 0 Å². The first-order chi connectivity index (χ1) is 13.7. The molecule has 6 heteroatoms. The van der Waals surface area contributed by atoms with Crippen molar-refractivity contribution >= 4 is 11.6 Å². The van der Waals surface area contributed by atoms with Gasteiger partial charge >= 0.3 is 0 Å². The van der Waals surface area contributed by atoms with Gasteiger partial charge < -0.3 is 19.8 Å². The number of nitrogens with zero attached hydrogens (tertiary/aromatic N) is 3. The number of pyridine rings is 1. The van der Waals surface area contributed by atoms with Crippen LogP contribution in [0.5, 0.6) is 0 Å². The van der Waals surface area contributed by atoms with Crippen LogP contribution in [-0.2, 0) is 11.2 Å². The third kappa shape index (κ3) is 3.50. The molecule has 28 heavy (non-hydrogen) atoms. The Bertz CT molecular complexity index is 839. The highest BCUT2D eigenvalue weighted by Crippen LogP contribution is 2.57. The summed E-state index contributed by atoms with van der Waals surface area (Å²) in [5.74, 6) is 0.925. The number of imidazole rings is 1. The summed E-state index contributed by atoms with van der Waals surface area (Å²) >= 11 is 0. The summed E-state index contributed by atoms with van der Waals surface area (Å²) in [6.45, 7) is 8.72. The highest BCUT2D eigenvalue weighted by Gasteiger charge is 2.59. The van der Waals surface area contributed by atoms with Gasteiger partial charge in [-0.05, 0) is 51.7 Å². The molecule has 2 aromatic heterocycles. The Balaban J connectivity index is 1.37. The molecule has 0 amide bonds. The molecule has 2 aliphatic carbocycles. The molecule has 2 aliphatic rings. The number of guanidine groups is 1. The van der Waals surface area contributed by atoms with Crippen molar-refractivity contribution in [3.63, 3.8) is 0 Å². The molecule has 0 radical (unpaired) electrons. The van der Waals surface area contributed by atoms with E-state index in [4.69, 9.17) is 14.7 Å². The monoisotopic (exact) mass is 383 g/mol. The smallest absolute Gasteiger partial charge is 0.191 e. The Kier molecular flexibility index (Phi) is 5.58. The molecule has 0 bridgehead atoms. The molecular weight excluding hydrogens is 350 g/mol. The molecule has 2 aromatic rings. The summed E-state index contributed by atoms with van der Waals surface area (Å²) in [5.41, 5.74) is 3.66. The molecule has 0 aromatic carbocycles. The lowest BCUT2D eigenvalue weighted by molar-refractivity contribution is -0.168. The Morgan fingerprint density at radius 2 is 2.25 bits per heavy atom. The van der Waals surface area contributed by atoms with E-state index in [0.29, 0.717) is 17.6 Å². The third-order valence-electron chi connectivity index (χ3n) is 6.46. The minimum absolute atomic E-state index is 0.339. The average molecular weight is 384 g/mol. The van der Waals surface area contributed by atoms with Crippen LogP contribution in [0.25, 0.3) is 5.65 Å². The molecule has 2 unspecified atom stereocenters. The Hall–Kier alpha value is -2.08. The van der Waals surface area contributed by atoms with Gasteiger partial charge in [0.25, 0.3) is 0 Å². The van der Waals surface area contributed by atoms with Gasteiger partial charge in [0.15, 0.2) is 5.96 Å². The SMILES string of the molecule is CCNC(=NCCc1cn2cccc(C)c2n1)NC1CC(OCC)C12CCC2. The first kappa shape index (κ1) is 19.2. The molecular formula is C22H33N5O. The van der Waals surface area contributed by atoms with Crippen molar-refractivity contribution in [3.8, 4) is 0 Å². The van der Waals surface area contributed by atoms with Crippen LogP contribution in [0.15, 0.2) is 29.5 Å². The van der Waals surface area contributed by atoms with E-state index < -0.39 is 0 Å². The molecule has 1 spiro atoms. The quantitative estimate of drug-likeness (QED) is 0.570. The molecule has 0 aliphatic heterocycles. The topological polar surface area (TPSA) is 63.0 Å². The van der Waals surface area contributed by atoms with Crippen molar-refractivity contribution in [2.24, 2.45) is 10.4 Å². The van der Waals surface area contributed by atoms with Crippen LogP contribution in [-0.4, -0.2) is 47.2 Å². The first-order valence-corrected chi connectivity index (χ1v) is 10.8. The lowest BCUT2D eigenvalue weighted by atomic mass is 9.51. The maximum Gasteiger partial charge on any atom is 0.191 e. The molecule has 4 rings (SSSR count). The second-order valence-electron chi connectivity index (χ2n) is 8.13. The van der Waals surface area contributed by atoms with Crippen molar-refractivity contribution in [2.75, 3.05) is 19.7 Å². The van der Waals surface area contributed by atoms with E-state index in [9.17, 15) is 0 Å². The molecule has 2 N–H and O–H groups in total. The fourth-order valence-corrected chi connectivity index (χ4v) is 4.73. The lowest BCUT2D eigenvalue weighted by Gasteiger charge is -2.61. The van der Waals surface area contributed by atoms with Crippen LogP contribution >= 0.6 is 0 Å². The van der Waals surface area contributed by atoms with Gasteiger partial charge in [0.1, 0.15) is 5.65 Å². The average Bonchev–Trinajstić information content (AvgIpc) is 3.03. The highest BCUT2D eigenvalue weighted by atomic mass is 16.5. The van der Waals surface area contributed by atoms with Crippen LogP contribution in [0.1, 0.15) is 50.8 Å². The fourth-order valence-electron chi connectivity index (χ4n) is 4.73. The number of aliphatic imine (C=N–C) groups is 1. The van der Waals surface area contributed by atoms with Crippen molar-refractivity contribution < 1.29 is 4.74 Å². The normalized spacial score (nSPS) is 23.5. The molecule has 2 fully saturated rings. The minimum Gasteiger partial charge on any atom is -0.378 e. The zero-order valence-electron chi connectivity index (χ0n) is 17.4. The van der Waals surface area contributed by atoms with E-state index in [0.717, 1.165) is 49.8 Å². The summed E-state index contributed by atoms with van der Waals surface area (Å²) in [7, 11) is 0. The first-order valence-electron chi connectivity index (χ1n) is 10.8. The summed E-state index contributed by atoms with van der Waals surface area (Å²) in [6.07, 6.45) is 10.4. The lowest BCUT2D eigenvalue weighted by Crippen LogP contribution is -2.68. The zero-order chi connectivity index (χ0) is 19.6. The van der Waals surface area contributed by atoms with Gasteiger partial charge in [-0.25, -0.2) is 4.98 Å². The van der Waals surface area contributed by atoms with Crippen molar-refractivity contribution in [2.45, 2.75) is 65.0 Å². The maximum atomic E-state index is 5.97. The molecule has 6 nitrogen and oxygen atoms in total. The summed E-state index contributed by atoms with van der Waals surface area (Å²) in [4.78, 5) is 9.58. The van der Waals surface area contributed by atoms with Crippen molar-refractivity contribution in [3.05, 3.63) is 35.8 Å². The predicted octanol–water partition coefficient (Wildman–Crippen LogP) is 3.09. The van der Waals surface area contributed by atoms with Gasteiger partial charge in [-0.15, -0.1) is 0 Å². The Morgan fingerprint density at radius 3 is 2.93 bits per heavy atom. The predicted molar refractivity (Wildman–Crippen MR) is 113 cm³/mol. The van der Waals surface area contributed by atoms with Gasteiger partial charge in [0, 0.05) is 50.0 Å². The Labute approximate surface area is 167 Å². The highest BCUT2D eigenvalue weighted by molar-refractivity contribution is 5.80. The van der Waals surface area contributed by atoms with Gasteiger partial charge in [0.05, 0.1) is 11.8 Å². The molecule has 2 saturated carbocycles. The molecule has 2 atom stereocenters. The summed E-state index contributed by atoms with van der Waals surface area (Å²) in [5, 5.41) is 7.10. The molecule has 152 valence electrons. The minimum atomic E-state index is 0.339. The fraction of sp³-hybridized carbons (Fsp3) is 0.636. The van der Waals surface area contributed by atoms with Gasteiger partial charge in [-0.2, -0.15) is 0 Å². The van der Waals surface area contributed by atoms with Gasteiger partial charge in [-0.3, -0.25) is 4.99 Å². The standard InChI is InChI=1S/C22H33N5O/c1-4-23-21(26-18-14-19(28-5-2)22(18)10-7-11-22)24-12-9-17-15-27-13-6-8-16(3)20(27)25-17/h6,8,13,15,18-19H,4-5,7,9-12,14H2,1-3H3,(H2,23,24,26). The number of nitrogens with one attached hydrogen (secondary N) is 2. The summed E-state index contributed by atoms with van der Waals surface area (Å²) < 4.78 is 8.07. The van der Waals surface area contributed by atoms with E-state index in [1.54, 1.807) is 0 Å². The summed E-state index contributed by atoms with van der Waals surface area (Å²) in [6, 6.07) is 4.64. The van der Waals surface area contributed by atoms with Crippen LogP contribution < -0.4 is 10.6 Å². The van der Waals surface area contributed by atoms with Gasteiger partial charge in [-0.1, -0.05) is 12.5 Å². The third-order valence-corrected chi connectivity index (χ3v) is 6.46. The number of hydrogen-bond acceptors (Lipinski definition) is 3. The Morgan fingerprint density at radius 1 is 1.39 bits per heavy atom. The van der Waals surface area contributed by atoms with E-state index in [2.05, 4.69) is 60.3 Å². The molecule has 2 heterocycles. The largest absolute Gasteiger partial charge is 0.378 e. The van der Waals surface area contributed by atoms with E-state index >= 15 is 0 Å². The zero-order valence-corrected chi connectivity index (χ0v) is 17.4. The second-order valence-corrected chi connectivity index (χ2v) is 8.13. The van der Waals surface area contributed by atoms with Crippen molar-refractivity contribution in [1.29, 1.82) is 0 Å². The van der Waals surface area contributed by atoms with E-state index in [-0.39, 0.29) is 0 Å². The maximum absolute atomic E-state index is 5.97. The van der Waals surface area contributed by atoms with E-state index in [1.165, 1.54) is 24.8 Å². The van der Waals surface area contributed by atoms with Crippen molar-refractivity contribution in [1.82, 2.24) is 20.0 Å². The number of fused-ring (bicyclic) bond motifs is 1. The molecule has 0 saturated heterocycles. The number of ether oxygens (including phenoxy) is 1. The number of hydrogen-bond donors (Lipinski definition) is 2. The van der Waals surface area contributed by atoms with Crippen LogP contribution in [0.4, 0.5) is 0 Å². The number of aromatic nitrogens is 2. The second kappa shape index (κ2) is 8.11. The van der Waals surface area contributed by atoms with E-state index in [1.807, 2.05) is 0 Å². The van der Waals surface area contributed by atoms with Crippen LogP contribution in [0.3, 0.4) is 0 Å².